The molecule has 156 valence electrons. The average Bonchev–Trinajstić information content (AvgIpc) is 2.68. The minimum Gasteiger partial charge on any atom is -0.460 e. The van der Waals surface area contributed by atoms with Gasteiger partial charge in [0.2, 0.25) is 0 Å². The van der Waals surface area contributed by atoms with E-state index in [0.717, 1.165) is 6.42 Å². The van der Waals surface area contributed by atoms with Crippen LogP contribution in [0.15, 0.2) is 36.5 Å². The molecule has 0 aromatic carbocycles. The van der Waals surface area contributed by atoms with Crippen molar-refractivity contribution < 1.29 is 19.7 Å². The van der Waals surface area contributed by atoms with Crippen LogP contribution in [0.3, 0.4) is 0 Å². The normalized spacial score (nSPS) is 13.1. The molecule has 0 radical (unpaired) electrons. The predicted octanol–water partition coefficient (Wildman–Crippen LogP) is 5.25. The summed E-state index contributed by atoms with van der Waals surface area (Å²) < 4.78 is 4.74. The number of allylic oxidation sites excluding steroid dienone is 5. The topological polar surface area (TPSA) is 66.8 Å². The fourth-order valence-electron chi connectivity index (χ4n) is 2.64. The molecule has 0 rings (SSSR count). The smallest absolute Gasteiger partial charge is 0.330 e. The minimum atomic E-state index is -1.02. The lowest BCUT2D eigenvalue weighted by molar-refractivity contribution is -0.141. The van der Waals surface area contributed by atoms with Crippen LogP contribution < -0.4 is 0 Å². The molecule has 0 fully saturated rings. The molecule has 0 spiro atoms. The molecule has 0 saturated carbocycles. The molecule has 0 aromatic heterocycles. The Balaban J connectivity index is 3.42. The van der Waals surface area contributed by atoms with E-state index in [1.165, 1.54) is 76.7 Å². The third kappa shape index (κ3) is 20.8. The molecule has 0 aliphatic rings. The first-order chi connectivity index (χ1) is 13.2. The monoisotopic (exact) mass is 380 g/mol. The minimum absolute atomic E-state index is 0.192. The number of carbonyl (C=O) groups excluding carboxylic acids is 1. The maximum absolute atomic E-state index is 11.3. The van der Waals surface area contributed by atoms with Gasteiger partial charge in [0.25, 0.3) is 0 Å². The molecule has 1 unspecified atom stereocenters. The third-order valence-electron chi connectivity index (χ3n) is 4.30. The second-order valence-corrected chi connectivity index (χ2v) is 6.96. The molecule has 0 bridgehead atoms. The van der Waals surface area contributed by atoms with Crippen LogP contribution in [0, 0.1) is 0 Å². The van der Waals surface area contributed by atoms with E-state index in [-0.39, 0.29) is 6.61 Å². The van der Waals surface area contributed by atoms with E-state index < -0.39 is 18.7 Å². The third-order valence-corrected chi connectivity index (χ3v) is 4.30. The molecule has 4 heteroatoms. The summed E-state index contributed by atoms with van der Waals surface area (Å²) >= 11 is 0. The van der Waals surface area contributed by atoms with E-state index in [0.29, 0.717) is 0 Å². The summed E-state index contributed by atoms with van der Waals surface area (Å²) in [5.74, 6) is -0.530. The highest BCUT2D eigenvalue weighted by Gasteiger charge is 2.04. The van der Waals surface area contributed by atoms with Gasteiger partial charge in [0.1, 0.15) is 12.7 Å². The van der Waals surface area contributed by atoms with Crippen molar-refractivity contribution in [1.82, 2.24) is 0 Å². The van der Waals surface area contributed by atoms with Crippen LogP contribution in [0.2, 0.25) is 0 Å². The molecule has 0 aromatic rings. The van der Waals surface area contributed by atoms with Gasteiger partial charge in [-0.2, -0.15) is 0 Å². The first-order valence-corrected chi connectivity index (χ1v) is 10.7. The maximum atomic E-state index is 11.3. The van der Waals surface area contributed by atoms with E-state index in [1.807, 2.05) is 12.2 Å². The molecular formula is C23H40O4. The van der Waals surface area contributed by atoms with Gasteiger partial charge >= 0.3 is 5.97 Å². The SMILES string of the molecule is CCCCCCCCCCCCCC=CC=CC=CC(=O)OCC(O)CO. The van der Waals surface area contributed by atoms with Crippen molar-refractivity contribution in [3.63, 3.8) is 0 Å². The fraction of sp³-hybridized carbons (Fsp3) is 0.696. The molecule has 0 saturated heterocycles. The first kappa shape index (κ1) is 25.6. The van der Waals surface area contributed by atoms with Gasteiger partial charge in [-0.3, -0.25) is 0 Å². The van der Waals surface area contributed by atoms with Gasteiger partial charge in [0, 0.05) is 6.08 Å². The highest BCUT2D eigenvalue weighted by molar-refractivity contribution is 5.82. The Hall–Kier alpha value is -1.39. The maximum Gasteiger partial charge on any atom is 0.330 e. The van der Waals surface area contributed by atoms with Crippen molar-refractivity contribution in [1.29, 1.82) is 0 Å². The van der Waals surface area contributed by atoms with Gasteiger partial charge in [-0.15, -0.1) is 0 Å². The number of rotatable bonds is 18. The van der Waals surface area contributed by atoms with E-state index in [9.17, 15) is 4.79 Å². The Kier molecular flexibility index (Phi) is 19.8. The molecule has 0 amide bonds. The van der Waals surface area contributed by atoms with E-state index >= 15 is 0 Å². The van der Waals surface area contributed by atoms with Crippen LogP contribution in [-0.4, -0.2) is 35.5 Å². The summed E-state index contributed by atoms with van der Waals surface area (Å²) in [6.45, 7) is 1.65. The van der Waals surface area contributed by atoms with Gasteiger partial charge in [-0.25, -0.2) is 4.79 Å². The summed E-state index contributed by atoms with van der Waals surface area (Å²) in [5.41, 5.74) is 0. The Morgan fingerprint density at radius 1 is 0.852 bits per heavy atom. The summed E-state index contributed by atoms with van der Waals surface area (Å²) in [6.07, 6.45) is 25.7. The van der Waals surface area contributed by atoms with Crippen LogP contribution in [0.1, 0.15) is 84.0 Å². The van der Waals surface area contributed by atoms with Crippen molar-refractivity contribution >= 4 is 5.97 Å². The number of hydrogen-bond acceptors (Lipinski definition) is 4. The van der Waals surface area contributed by atoms with Gasteiger partial charge < -0.3 is 14.9 Å². The lowest BCUT2D eigenvalue weighted by atomic mass is 10.1. The quantitative estimate of drug-likeness (QED) is 0.147. The number of aliphatic hydroxyl groups is 2. The first-order valence-electron chi connectivity index (χ1n) is 10.7. The lowest BCUT2D eigenvalue weighted by Gasteiger charge is -2.05. The van der Waals surface area contributed by atoms with Gasteiger partial charge in [-0.1, -0.05) is 102 Å². The molecule has 4 nitrogen and oxygen atoms in total. The summed E-state index contributed by atoms with van der Waals surface area (Å²) in [4.78, 5) is 11.3. The Bertz CT molecular complexity index is 413. The second-order valence-electron chi connectivity index (χ2n) is 6.96. The second kappa shape index (κ2) is 20.9. The van der Waals surface area contributed by atoms with Crippen LogP contribution >= 0.6 is 0 Å². The average molecular weight is 381 g/mol. The standard InChI is InChI=1S/C23H40O4/c1-2-3-4-5-6-7-8-9-10-11-12-13-14-15-16-17-18-19-23(26)27-21-22(25)20-24/h14-19,22,24-25H,2-13,20-21H2,1H3. The molecular weight excluding hydrogens is 340 g/mol. The van der Waals surface area contributed by atoms with E-state index in [2.05, 4.69) is 13.0 Å². The van der Waals surface area contributed by atoms with Crippen molar-refractivity contribution in [3.05, 3.63) is 36.5 Å². The summed E-state index contributed by atoms with van der Waals surface area (Å²) in [5, 5.41) is 17.7. The van der Waals surface area contributed by atoms with Crippen molar-refractivity contribution in [2.24, 2.45) is 0 Å². The van der Waals surface area contributed by atoms with E-state index in [4.69, 9.17) is 14.9 Å². The van der Waals surface area contributed by atoms with Crippen LogP contribution in [0.5, 0.6) is 0 Å². The zero-order chi connectivity index (χ0) is 20.0. The molecule has 2 N–H and O–H groups in total. The number of hydrogen-bond donors (Lipinski definition) is 2. The van der Waals surface area contributed by atoms with Crippen molar-refractivity contribution in [2.75, 3.05) is 13.2 Å². The predicted molar refractivity (Wildman–Crippen MR) is 113 cm³/mol. The Morgan fingerprint density at radius 3 is 2.00 bits per heavy atom. The van der Waals surface area contributed by atoms with Gasteiger partial charge in [0.05, 0.1) is 6.61 Å². The highest BCUT2D eigenvalue weighted by atomic mass is 16.5. The number of unbranched alkanes of at least 4 members (excludes halogenated alkanes) is 11. The number of esters is 1. The molecule has 0 aliphatic heterocycles. The fourth-order valence-corrected chi connectivity index (χ4v) is 2.64. The zero-order valence-electron chi connectivity index (χ0n) is 17.2. The van der Waals surface area contributed by atoms with E-state index in [1.54, 1.807) is 12.2 Å². The largest absolute Gasteiger partial charge is 0.460 e. The molecule has 0 aliphatic carbocycles. The summed E-state index contributed by atoms with van der Waals surface area (Å²) in [6, 6.07) is 0. The van der Waals surface area contributed by atoms with Crippen LogP contribution in [0.25, 0.3) is 0 Å². The zero-order valence-corrected chi connectivity index (χ0v) is 17.2. The van der Waals surface area contributed by atoms with Gasteiger partial charge in [0.15, 0.2) is 0 Å². The number of aliphatic hydroxyl groups excluding tert-OH is 2. The highest BCUT2D eigenvalue weighted by Crippen LogP contribution is 2.11. The van der Waals surface area contributed by atoms with Crippen LogP contribution in [0.4, 0.5) is 0 Å². The lowest BCUT2D eigenvalue weighted by Crippen LogP contribution is -2.21. The van der Waals surface area contributed by atoms with Crippen molar-refractivity contribution in [2.45, 2.75) is 90.1 Å². The van der Waals surface area contributed by atoms with Gasteiger partial charge in [-0.05, 0) is 12.8 Å². The molecule has 27 heavy (non-hydrogen) atoms. The number of ether oxygens (including phenoxy) is 1. The molecule has 1 atom stereocenters. The summed E-state index contributed by atoms with van der Waals surface area (Å²) in [7, 11) is 0. The van der Waals surface area contributed by atoms with Crippen LogP contribution in [-0.2, 0) is 9.53 Å². The number of carbonyl (C=O) groups is 1. The Labute approximate surface area is 166 Å². The Morgan fingerprint density at radius 2 is 1.41 bits per heavy atom. The van der Waals surface area contributed by atoms with Crippen molar-refractivity contribution in [3.8, 4) is 0 Å². The molecule has 0 heterocycles.